The zero-order valence-corrected chi connectivity index (χ0v) is 57.6. The SMILES string of the molecule is CCCCCCCCCCCCCCCCCCCC(=O)O[C@H](COC(=O)CCCCCCCCC(C)CC)COP(=O)(O)OC[C@@H](O)COP(=O)(O)OC[C@@H](COC(=O)CCCCCCCCC(C)C)OC(=O)CCCCCCCCC(C)CC. The molecule has 7 atom stereocenters. The summed E-state index contributed by atoms with van der Waals surface area (Å²) in [4.78, 5) is 72.3. The van der Waals surface area contributed by atoms with Crippen molar-refractivity contribution < 1.29 is 80.2 Å². The van der Waals surface area contributed by atoms with Crippen LogP contribution in [-0.2, 0) is 65.4 Å². The van der Waals surface area contributed by atoms with Gasteiger partial charge in [0.25, 0.3) is 0 Å². The highest BCUT2D eigenvalue weighted by Gasteiger charge is 2.30. The molecule has 0 saturated heterocycles. The third-order valence-corrected chi connectivity index (χ3v) is 18.0. The average Bonchev–Trinajstić information content (AvgIpc) is 3.67. The number of hydrogen-bond donors (Lipinski definition) is 3. The molecule has 0 rings (SSSR count). The molecule has 0 spiro atoms. The Labute approximate surface area is 524 Å². The van der Waals surface area contributed by atoms with E-state index in [1.165, 1.54) is 128 Å². The van der Waals surface area contributed by atoms with Gasteiger partial charge < -0.3 is 33.8 Å². The van der Waals surface area contributed by atoms with E-state index in [-0.39, 0.29) is 25.7 Å². The van der Waals surface area contributed by atoms with Crippen molar-refractivity contribution in [1.82, 2.24) is 0 Å². The summed E-state index contributed by atoms with van der Waals surface area (Å²) in [6.45, 7) is 11.6. The minimum absolute atomic E-state index is 0.102. The van der Waals surface area contributed by atoms with Crippen molar-refractivity contribution in [2.24, 2.45) is 17.8 Å². The average molecular weight is 1270 g/mol. The van der Waals surface area contributed by atoms with Gasteiger partial charge >= 0.3 is 39.5 Å². The van der Waals surface area contributed by atoms with Crippen LogP contribution < -0.4 is 0 Å². The van der Waals surface area contributed by atoms with Crippen LogP contribution in [0.25, 0.3) is 0 Å². The molecule has 0 aliphatic carbocycles. The minimum Gasteiger partial charge on any atom is -0.462 e. The number of ether oxygens (including phenoxy) is 4. The van der Waals surface area contributed by atoms with Crippen molar-refractivity contribution in [2.75, 3.05) is 39.6 Å². The van der Waals surface area contributed by atoms with Gasteiger partial charge in [0.05, 0.1) is 26.4 Å². The summed E-state index contributed by atoms with van der Waals surface area (Å²) in [5.41, 5.74) is 0. The Kier molecular flexibility index (Phi) is 56.9. The van der Waals surface area contributed by atoms with Gasteiger partial charge in [0.2, 0.25) is 0 Å². The molecule has 17 nitrogen and oxygen atoms in total. The molecule has 0 aromatic heterocycles. The lowest BCUT2D eigenvalue weighted by molar-refractivity contribution is -0.161. The molecular weight excluding hydrogens is 1140 g/mol. The maximum atomic E-state index is 13.0. The summed E-state index contributed by atoms with van der Waals surface area (Å²) in [7, 11) is -9.89. The van der Waals surface area contributed by atoms with Crippen molar-refractivity contribution in [3.63, 3.8) is 0 Å². The molecule has 0 amide bonds. The summed E-state index contributed by atoms with van der Waals surface area (Å²) in [5, 5.41) is 10.6. The molecule has 0 aliphatic heterocycles. The van der Waals surface area contributed by atoms with Crippen molar-refractivity contribution in [2.45, 2.75) is 349 Å². The van der Waals surface area contributed by atoms with Crippen LogP contribution >= 0.6 is 15.6 Å². The van der Waals surface area contributed by atoms with E-state index in [4.69, 9.17) is 37.0 Å². The third-order valence-electron chi connectivity index (χ3n) is 16.1. The topological polar surface area (TPSA) is 237 Å². The van der Waals surface area contributed by atoms with Crippen LogP contribution in [-0.4, -0.2) is 96.7 Å². The summed E-state index contributed by atoms with van der Waals surface area (Å²) in [6, 6.07) is 0. The molecular formula is C67H130O17P2. The molecule has 19 heteroatoms. The van der Waals surface area contributed by atoms with E-state index in [1.807, 2.05) is 0 Å². The van der Waals surface area contributed by atoms with E-state index in [0.29, 0.717) is 31.6 Å². The number of unbranched alkanes of at least 4 members (excludes halogenated alkanes) is 31. The van der Waals surface area contributed by atoms with E-state index in [2.05, 4.69) is 48.5 Å². The first-order valence-electron chi connectivity index (χ1n) is 34.9. The predicted molar refractivity (Wildman–Crippen MR) is 344 cm³/mol. The van der Waals surface area contributed by atoms with Crippen molar-refractivity contribution in [3.05, 3.63) is 0 Å². The van der Waals surface area contributed by atoms with Gasteiger partial charge in [-0.25, -0.2) is 9.13 Å². The number of rotatable bonds is 65. The minimum atomic E-state index is -4.95. The maximum Gasteiger partial charge on any atom is 0.472 e. The van der Waals surface area contributed by atoms with E-state index >= 15 is 0 Å². The van der Waals surface area contributed by atoms with Gasteiger partial charge in [-0.2, -0.15) is 0 Å². The Morgan fingerprint density at radius 1 is 0.337 bits per heavy atom. The normalized spacial score (nSPS) is 14.9. The van der Waals surface area contributed by atoms with E-state index in [1.54, 1.807) is 0 Å². The maximum absolute atomic E-state index is 13.0. The second-order valence-corrected chi connectivity index (χ2v) is 28.1. The van der Waals surface area contributed by atoms with Crippen LogP contribution in [0.4, 0.5) is 0 Å². The fourth-order valence-corrected chi connectivity index (χ4v) is 11.5. The Hall–Kier alpha value is -1.94. The zero-order valence-electron chi connectivity index (χ0n) is 55.8. The lowest BCUT2D eigenvalue weighted by Crippen LogP contribution is -2.30. The molecule has 0 heterocycles. The Morgan fingerprint density at radius 2 is 0.593 bits per heavy atom. The highest BCUT2D eigenvalue weighted by molar-refractivity contribution is 7.47. The smallest absolute Gasteiger partial charge is 0.462 e. The Balaban J connectivity index is 5.22. The molecule has 0 bridgehead atoms. The summed E-state index contributed by atoms with van der Waals surface area (Å²) in [5.74, 6) is -0.00630. The number of hydrogen-bond acceptors (Lipinski definition) is 15. The lowest BCUT2D eigenvalue weighted by atomic mass is 10.00. The quantitative estimate of drug-likeness (QED) is 0.0222. The van der Waals surface area contributed by atoms with Crippen molar-refractivity contribution in [3.8, 4) is 0 Å². The highest BCUT2D eigenvalue weighted by Crippen LogP contribution is 2.45. The van der Waals surface area contributed by atoms with Crippen LogP contribution in [0.3, 0.4) is 0 Å². The molecule has 3 N–H and O–H groups in total. The van der Waals surface area contributed by atoms with Gasteiger partial charge in [-0.3, -0.25) is 37.3 Å². The number of carbonyl (C=O) groups excluding carboxylic acids is 4. The molecule has 510 valence electrons. The van der Waals surface area contributed by atoms with Gasteiger partial charge in [0.1, 0.15) is 19.3 Å². The number of aliphatic hydroxyl groups excluding tert-OH is 1. The number of aliphatic hydroxyl groups is 1. The molecule has 86 heavy (non-hydrogen) atoms. The molecule has 0 saturated carbocycles. The fourth-order valence-electron chi connectivity index (χ4n) is 9.95. The van der Waals surface area contributed by atoms with Crippen LogP contribution in [0.1, 0.15) is 331 Å². The second kappa shape index (κ2) is 58.2. The summed E-state index contributed by atoms with van der Waals surface area (Å²) < 4.78 is 68.1. The Bertz CT molecular complexity index is 1700. The van der Waals surface area contributed by atoms with E-state index < -0.39 is 97.5 Å². The molecule has 0 aromatic rings. The Morgan fingerprint density at radius 3 is 0.884 bits per heavy atom. The second-order valence-electron chi connectivity index (χ2n) is 25.2. The fraction of sp³-hybridized carbons (Fsp3) is 0.940. The predicted octanol–water partition coefficient (Wildman–Crippen LogP) is 18.7. The van der Waals surface area contributed by atoms with Gasteiger partial charge in [-0.1, -0.05) is 280 Å². The van der Waals surface area contributed by atoms with Gasteiger partial charge in [0.15, 0.2) is 12.2 Å². The number of phosphoric acid groups is 2. The first-order valence-corrected chi connectivity index (χ1v) is 37.9. The lowest BCUT2D eigenvalue weighted by Gasteiger charge is -2.21. The van der Waals surface area contributed by atoms with Crippen LogP contribution in [0, 0.1) is 17.8 Å². The number of esters is 4. The number of carbonyl (C=O) groups is 4. The van der Waals surface area contributed by atoms with Crippen LogP contribution in [0.2, 0.25) is 0 Å². The van der Waals surface area contributed by atoms with Gasteiger partial charge in [-0.05, 0) is 43.4 Å². The highest BCUT2D eigenvalue weighted by atomic mass is 31.2. The molecule has 0 fully saturated rings. The molecule has 4 unspecified atom stereocenters. The number of phosphoric ester groups is 2. The van der Waals surface area contributed by atoms with Crippen LogP contribution in [0.15, 0.2) is 0 Å². The third kappa shape index (κ3) is 58.4. The first kappa shape index (κ1) is 84.1. The summed E-state index contributed by atoms with van der Waals surface area (Å²) >= 11 is 0. The molecule has 0 aromatic carbocycles. The summed E-state index contributed by atoms with van der Waals surface area (Å²) in [6.07, 6.45) is 40.6. The van der Waals surface area contributed by atoms with Gasteiger partial charge in [0, 0.05) is 25.7 Å². The molecule has 0 aliphatic rings. The van der Waals surface area contributed by atoms with Gasteiger partial charge in [-0.15, -0.1) is 0 Å². The monoisotopic (exact) mass is 1270 g/mol. The van der Waals surface area contributed by atoms with Crippen molar-refractivity contribution in [1.29, 1.82) is 0 Å². The standard InChI is InChI=1S/C67H130O17P2/c1-8-11-12-13-14-15-16-17-18-19-20-21-22-23-24-36-43-50-66(71)83-62(54-78-65(70)49-42-35-29-26-32-39-46-59(6)9-2)56-81-85(73,74)79-52-61(68)53-80-86(75,76)82-57-63(55-77-64(69)48-41-34-28-25-31-38-45-58(4)5)84-67(72)51-44-37-30-27-33-40-47-60(7)10-3/h58-63,68H,8-57H2,1-7H3,(H,73,74)(H,75,76)/t59?,60?,61-,62-,63-/m1/s1. The zero-order chi connectivity index (χ0) is 63.8. The van der Waals surface area contributed by atoms with Crippen molar-refractivity contribution >= 4 is 39.5 Å². The first-order chi connectivity index (χ1) is 41.3. The van der Waals surface area contributed by atoms with E-state index in [9.17, 15) is 43.2 Å². The largest absolute Gasteiger partial charge is 0.472 e. The van der Waals surface area contributed by atoms with E-state index in [0.717, 1.165) is 115 Å². The molecule has 0 radical (unpaired) electrons. The van der Waals surface area contributed by atoms with Crippen LogP contribution in [0.5, 0.6) is 0 Å².